The van der Waals surface area contributed by atoms with Crippen molar-refractivity contribution in [2.45, 2.75) is 58.3 Å². The number of hydrogen-bond donors (Lipinski definition) is 0. The van der Waals surface area contributed by atoms with Gasteiger partial charge in [-0.25, -0.2) is 0 Å². The van der Waals surface area contributed by atoms with Gasteiger partial charge in [0, 0.05) is 0 Å². The van der Waals surface area contributed by atoms with Gasteiger partial charge in [-0.05, 0) is 18.4 Å². The minimum atomic E-state index is 0.928. The maximum Gasteiger partial charge on any atom is 0.0681 e. The van der Waals surface area contributed by atoms with Gasteiger partial charge in [0.25, 0.3) is 0 Å². The summed E-state index contributed by atoms with van der Waals surface area (Å²) >= 11 is 6.27. The fourth-order valence-electron chi connectivity index (χ4n) is 2.00. The van der Waals surface area contributed by atoms with Gasteiger partial charge in [-0.3, -0.25) is 0 Å². The van der Waals surface area contributed by atoms with E-state index >= 15 is 0 Å². The van der Waals surface area contributed by atoms with E-state index in [4.69, 9.17) is 11.6 Å². The van der Waals surface area contributed by atoms with Crippen LogP contribution >= 0.6 is 11.6 Å². The van der Waals surface area contributed by atoms with E-state index in [1.54, 1.807) is 0 Å². The Bertz CT molecular complexity index is 268. The topological polar surface area (TPSA) is 0 Å². The van der Waals surface area contributed by atoms with Crippen molar-refractivity contribution in [1.82, 2.24) is 0 Å². The molecular weight excluding hydrogens is 228 g/mol. The van der Waals surface area contributed by atoms with E-state index < -0.39 is 0 Å². The average Bonchev–Trinajstić information content (AvgIpc) is 2.35. The predicted octanol–water partition coefficient (Wildman–Crippen LogP) is 5.75. The molecule has 0 amide bonds. The quantitative estimate of drug-likeness (QED) is 0.490. The highest BCUT2D eigenvalue weighted by Gasteiger charge is 2.06. The molecule has 0 saturated carbocycles. The van der Waals surface area contributed by atoms with Gasteiger partial charge in [-0.2, -0.15) is 0 Å². The summed E-state index contributed by atoms with van der Waals surface area (Å²) in [7, 11) is 0. The number of unbranched alkanes of at least 4 members (excludes halogenated alkanes) is 5. The molecule has 0 spiro atoms. The van der Waals surface area contributed by atoms with Crippen LogP contribution < -0.4 is 0 Å². The maximum absolute atomic E-state index is 6.27. The van der Waals surface area contributed by atoms with Crippen LogP contribution in [-0.2, 0) is 6.42 Å². The molecule has 0 heterocycles. The van der Waals surface area contributed by atoms with E-state index in [0.717, 1.165) is 18.2 Å². The molecule has 0 atom stereocenters. The molecule has 1 radical (unpaired) electrons. The second-order valence-corrected chi connectivity index (χ2v) is 5.23. The zero-order valence-electron chi connectivity index (χ0n) is 10.9. The Kier molecular flexibility index (Phi) is 8.17. The largest absolute Gasteiger partial charge is 0.117 e. The van der Waals surface area contributed by atoms with Crippen LogP contribution in [0.15, 0.2) is 30.3 Å². The molecule has 0 aromatic heterocycles. The van der Waals surface area contributed by atoms with Crippen molar-refractivity contribution in [1.29, 1.82) is 0 Å². The number of hydrogen-bond acceptors (Lipinski definition) is 0. The van der Waals surface area contributed by atoms with E-state index in [2.05, 4.69) is 31.2 Å². The molecule has 0 fully saturated rings. The van der Waals surface area contributed by atoms with Crippen molar-refractivity contribution in [3.63, 3.8) is 0 Å². The molecular formula is C16H24Cl. The van der Waals surface area contributed by atoms with E-state index in [0.29, 0.717) is 0 Å². The lowest BCUT2D eigenvalue weighted by Gasteiger charge is -2.08. The van der Waals surface area contributed by atoms with Gasteiger partial charge in [0.15, 0.2) is 0 Å². The number of rotatable bonds is 9. The molecule has 0 aliphatic heterocycles. The van der Waals surface area contributed by atoms with E-state index in [1.807, 2.05) is 6.07 Å². The normalized spacial score (nSPS) is 11.0. The van der Waals surface area contributed by atoms with E-state index in [-0.39, 0.29) is 0 Å². The van der Waals surface area contributed by atoms with E-state index in [1.165, 1.54) is 44.1 Å². The minimum absolute atomic E-state index is 0.928. The maximum atomic E-state index is 6.27. The summed E-state index contributed by atoms with van der Waals surface area (Å²) in [6, 6.07) is 10.5. The molecule has 0 aliphatic carbocycles. The Morgan fingerprint density at radius 1 is 0.941 bits per heavy atom. The molecule has 1 rings (SSSR count). The Morgan fingerprint density at radius 2 is 1.59 bits per heavy atom. The van der Waals surface area contributed by atoms with Crippen molar-refractivity contribution in [2.75, 3.05) is 0 Å². The highest BCUT2D eigenvalue weighted by atomic mass is 35.5. The zero-order chi connectivity index (χ0) is 12.3. The van der Waals surface area contributed by atoms with Crippen molar-refractivity contribution < 1.29 is 0 Å². The molecule has 0 nitrogen and oxygen atoms in total. The second-order valence-electron chi connectivity index (χ2n) is 4.70. The molecule has 1 aromatic carbocycles. The molecule has 0 saturated heterocycles. The first-order valence-electron chi connectivity index (χ1n) is 6.87. The Balaban J connectivity index is 2.03. The van der Waals surface area contributed by atoms with Crippen LogP contribution in [0.4, 0.5) is 0 Å². The van der Waals surface area contributed by atoms with Crippen LogP contribution in [0.1, 0.15) is 57.4 Å². The number of halogens is 1. The summed E-state index contributed by atoms with van der Waals surface area (Å²) in [5.74, 6) is 0. The van der Waals surface area contributed by atoms with Crippen molar-refractivity contribution in [3.8, 4) is 0 Å². The van der Waals surface area contributed by atoms with Crippen molar-refractivity contribution in [2.24, 2.45) is 0 Å². The highest BCUT2D eigenvalue weighted by Crippen LogP contribution is 2.22. The molecule has 17 heavy (non-hydrogen) atoms. The highest BCUT2D eigenvalue weighted by molar-refractivity contribution is 6.26. The van der Waals surface area contributed by atoms with E-state index in [9.17, 15) is 0 Å². The lowest BCUT2D eigenvalue weighted by Crippen LogP contribution is -1.94. The summed E-state index contributed by atoms with van der Waals surface area (Å²) in [6.07, 6.45) is 10.0. The molecule has 0 bridgehead atoms. The van der Waals surface area contributed by atoms with Crippen molar-refractivity contribution in [3.05, 3.63) is 41.3 Å². The fraction of sp³-hybridized carbons (Fsp3) is 0.562. The minimum Gasteiger partial charge on any atom is -0.117 e. The first-order valence-corrected chi connectivity index (χ1v) is 7.25. The van der Waals surface area contributed by atoms with Crippen molar-refractivity contribution >= 4 is 11.6 Å². The van der Waals surface area contributed by atoms with Gasteiger partial charge in [0.2, 0.25) is 0 Å². The molecule has 0 unspecified atom stereocenters. The summed E-state index contributed by atoms with van der Waals surface area (Å²) in [4.78, 5) is 0. The predicted molar refractivity (Wildman–Crippen MR) is 77.2 cm³/mol. The third-order valence-corrected chi connectivity index (χ3v) is 3.36. The van der Waals surface area contributed by atoms with Gasteiger partial charge in [0.1, 0.15) is 0 Å². The van der Waals surface area contributed by atoms with Gasteiger partial charge >= 0.3 is 0 Å². The molecule has 1 aromatic rings. The average molecular weight is 252 g/mol. The monoisotopic (exact) mass is 251 g/mol. The molecule has 95 valence electrons. The SMILES string of the molecule is CCCCCCCC[C](Cl)Cc1ccccc1. The molecule has 0 N–H and O–H groups in total. The van der Waals surface area contributed by atoms with Crippen LogP contribution in [0.5, 0.6) is 0 Å². The fourth-order valence-corrected chi connectivity index (χ4v) is 2.29. The smallest absolute Gasteiger partial charge is 0.0681 e. The van der Waals surface area contributed by atoms with Crippen LogP contribution in [0, 0.1) is 5.38 Å². The first-order chi connectivity index (χ1) is 8.33. The standard InChI is InChI=1S/C16H24Cl/c1-2-3-4-5-6-10-13-16(17)14-15-11-8-7-9-12-15/h7-9,11-12H,2-6,10,13-14H2,1H3. The van der Waals surface area contributed by atoms with Crippen LogP contribution in [0.25, 0.3) is 0 Å². The van der Waals surface area contributed by atoms with Gasteiger partial charge in [0.05, 0.1) is 5.38 Å². The van der Waals surface area contributed by atoms with Crippen LogP contribution in [0.2, 0.25) is 0 Å². The summed E-state index contributed by atoms with van der Waals surface area (Å²) in [5, 5.41) is 1.10. The third-order valence-electron chi connectivity index (χ3n) is 3.04. The van der Waals surface area contributed by atoms with Crippen LogP contribution in [0.3, 0.4) is 0 Å². The van der Waals surface area contributed by atoms with Gasteiger partial charge < -0.3 is 0 Å². The van der Waals surface area contributed by atoms with Gasteiger partial charge in [-0.15, -0.1) is 11.6 Å². The lowest BCUT2D eigenvalue weighted by molar-refractivity contribution is 0.599. The Hall–Kier alpha value is -0.490. The molecule has 0 aliphatic rings. The summed E-state index contributed by atoms with van der Waals surface area (Å²) < 4.78 is 0. The van der Waals surface area contributed by atoms with Gasteiger partial charge in [-0.1, -0.05) is 75.8 Å². The summed E-state index contributed by atoms with van der Waals surface area (Å²) in [5.41, 5.74) is 1.32. The lowest BCUT2D eigenvalue weighted by atomic mass is 10.0. The Morgan fingerprint density at radius 3 is 2.29 bits per heavy atom. The summed E-state index contributed by atoms with van der Waals surface area (Å²) in [6.45, 7) is 2.25. The zero-order valence-corrected chi connectivity index (χ0v) is 11.7. The first kappa shape index (κ1) is 14.6. The second kappa shape index (κ2) is 9.53. The van der Waals surface area contributed by atoms with Crippen LogP contribution in [-0.4, -0.2) is 0 Å². The Labute approximate surface area is 111 Å². The third kappa shape index (κ3) is 7.44. The molecule has 1 heteroatoms. The number of benzene rings is 1.